The fourth-order valence-electron chi connectivity index (χ4n) is 4.25. The molecule has 0 unspecified atom stereocenters. The van der Waals surface area contributed by atoms with E-state index in [4.69, 9.17) is 10.5 Å². The summed E-state index contributed by atoms with van der Waals surface area (Å²) in [6.45, 7) is 3.16. The highest BCUT2D eigenvalue weighted by Crippen LogP contribution is 2.38. The Kier molecular flexibility index (Phi) is 7.43. The van der Waals surface area contributed by atoms with E-state index in [9.17, 15) is 20.0 Å². The van der Waals surface area contributed by atoms with Crippen LogP contribution in [0.5, 0.6) is 5.88 Å². The van der Waals surface area contributed by atoms with E-state index in [0.717, 1.165) is 19.6 Å². The van der Waals surface area contributed by atoms with Crippen molar-refractivity contribution in [2.45, 2.75) is 51.0 Å². The molecular formula is C20H31N5O5. The van der Waals surface area contributed by atoms with Crippen molar-refractivity contribution < 1.29 is 19.6 Å². The Balaban J connectivity index is 1.60. The van der Waals surface area contributed by atoms with Crippen molar-refractivity contribution in [2.24, 2.45) is 11.1 Å². The third-order valence-corrected chi connectivity index (χ3v) is 6.29. The lowest BCUT2D eigenvalue weighted by atomic mass is 9.72. The second kappa shape index (κ2) is 10.0. The first kappa shape index (κ1) is 22.2. The Morgan fingerprint density at radius 1 is 1.37 bits per heavy atom. The zero-order chi connectivity index (χ0) is 21.6. The quantitative estimate of drug-likeness (QED) is 0.403. The molecule has 1 aliphatic heterocycles. The van der Waals surface area contributed by atoms with Gasteiger partial charge in [-0.3, -0.25) is 19.8 Å². The molecule has 1 amide bonds. The molecule has 0 bridgehead atoms. The van der Waals surface area contributed by atoms with Crippen LogP contribution >= 0.6 is 0 Å². The number of amides is 1. The molecule has 0 aromatic carbocycles. The van der Waals surface area contributed by atoms with Crippen molar-refractivity contribution in [1.82, 2.24) is 9.88 Å². The molecular weight excluding hydrogens is 390 g/mol. The van der Waals surface area contributed by atoms with E-state index < -0.39 is 16.2 Å². The summed E-state index contributed by atoms with van der Waals surface area (Å²) in [5.74, 6) is -0.152. The Labute approximate surface area is 175 Å². The number of ether oxygens (including phenoxy) is 1. The van der Waals surface area contributed by atoms with Gasteiger partial charge in [0, 0.05) is 18.7 Å². The van der Waals surface area contributed by atoms with Gasteiger partial charge in [0.05, 0.1) is 16.9 Å². The van der Waals surface area contributed by atoms with Gasteiger partial charge in [-0.25, -0.2) is 4.98 Å². The summed E-state index contributed by atoms with van der Waals surface area (Å²) < 4.78 is 5.75. The molecule has 1 saturated carbocycles. The van der Waals surface area contributed by atoms with Crippen LogP contribution in [0.2, 0.25) is 0 Å². The van der Waals surface area contributed by atoms with Gasteiger partial charge in [0.15, 0.2) is 0 Å². The molecule has 2 heterocycles. The zero-order valence-corrected chi connectivity index (χ0v) is 17.2. The van der Waals surface area contributed by atoms with E-state index in [1.807, 2.05) is 0 Å². The van der Waals surface area contributed by atoms with Crippen molar-refractivity contribution >= 4 is 17.3 Å². The van der Waals surface area contributed by atoms with Crippen molar-refractivity contribution in [3.05, 3.63) is 22.4 Å². The average molecular weight is 421 g/mol. The number of carbonyl (C=O) groups is 1. The largest absolute Gasteiger partial charge is 0.476 e. The molecule has 10 nitrogen and oxygen atoms in total. The minimum atomic E-state index is -0.898. The highest BCUT2D eigenvalue weighted by molar-refractivity contribution is 5.81. The number of likely N-dealkylation sites (tertiary alicyclic amines) is 1. The number of nitro groups is 1. The molecule has 1 aromatic rings. The molecule has 10 heteroatoms. The summed E-state index contributed by atoms with van der Waals surface area (Å²) in [6, 6.07) is 1.50. The summed E-state index contributed by atoms with van der Waals surface area (Å²) in [5.41, 5.74) is 4.79. The van der Waals surface area contributed by atoms with Crippen LogP contribution in [0.3, 0.4) is 0 Å². The Morgan fingerprint density at radius 2 is 2.07 bits per heavy atom. The standard InChI is InChI=1S/C20H31N5O5/c21-19(27)20(14-26)6-4-15(5-7-20)23-16-12-18(22-13-17(16)25(28)29)30-11-10-24-8-2-1-3-9-24/h12-13,15,26H,1-11,14H2,(H2,21,27)(H,22,23). The molecule has 30 heavy (non-hydrogen) atoms. The molecule has 3 rings (SSSR count). The lowest BCUT2D eigenvalue weighted by Gasteiger charge is -2.36. The van der Waals surface area contributed by atoms with Crippen LogP contribution in [-0.2, 0) is 4.79 Å². The number of nitrogens with zero attached hydrogens (tertiary/aromatic N) is 3. The maximum absolute atomic E-state index is 11.7. The summed E-state index contributed by atoms with van der Waals surface area (Å²) in [5, 5.41) is 24.2. The average Bonchev–Trinajstić information content (AvgIpc) is 2.75. The van der Waals surface area contributed by atoms with Crippen LogP contribution in [0.4, 0.5) is 11.4 Å². The number of carbonyl (C=O) groups excluding carboxylic acids is 1. The number of aromatic nitrogens is 1. The molecule has 1 aliphatic carbocycles. The zero-order valence-electron chi connectivity index (χ0n) is 17.2. The number of primary amides is 1. The van der Waals surface area contributed by atoms with Gasteiger partial charge in [0.25, 0.3) is 0 Å². The topological polar surface area (TPSA) is 144 Å². The highest BCUT2D eigenvalue weighted by Gasteiger charge is 2.40. The Bertz CT molecular complexity index is 745. The number of nitrogens with two attached hydrogens (primary N) is 1. The summed E-state index contributed by atoms with van der Waals surface area (Å²) >= 11 is 0. The highest BCUT2D eigenvalue weighted by atomic mass is 16.6. The molecule has 0 radical (unpaired) electrons. The minimum absolute atomic E-state index is 0.0636. The van der Waals surface area contributed by atoms with Gasteiger partial charge in [0.1, 0.15) is 18.5 Å². The number of nitrogens with one attached hydrogen (secondary N) is 1. The fourth-order valence-corrected chi connectivity index (χ4v) is 4.25. The SMILES string of the molecule is NC(=O)C1(CO)CCC(Nc2cc(OCCN3CCCCC3)ncc2[N+](=O)[O-])CC1. The van der Waals surface area contributed by atoms with Gasteiger partial charge < -0.3 is 20.9 Å². The van der Waals surface area contributed by atoms with Gasteiger partial charge in [-0.15, -0.1) is 0 Å². The number of rotatable bonds is 9. The van der Waals surface area contributed by atoms with Crippen molar-refractivity contribution in [2.75, 3.05) is 38.2 Å². The van der Waals surface area contributed by atoms with Gasteiger partial charge in [-0.05, 0) is 51.6 Å². The predicted molar refractivity (Wildman–Crippen MR) is 111 cm³/mol. The first-order valence-corrected chi connectivity index (χ1v) is 10.6. The smallest absolute Gasteiger partial charge is 0.310 e. The van der Waals surface area contributed by atoms with Gasteiger partial charge in [-0.1, -0.05) is 6.42 Å². The van der Waals surface area contributed by atoms with Crippen LogP contribution in [0.1, 0.15) is 44.9 Å². The van der Waals surface area contributed by atoms with Crippen LogP contribution in [-0.4, -0.2) is 64.7 Å². The van der Waals surface area contributed by atoms with Crippen LogP contribution in [0.25, 0.3) is 0 Å². The van der Waals surface area contributed by atoms with Gasteiger partial charge in [0.2, 0.25) is 11.8 Å². The molecule has 1 aromatic heterocycles. The third kappa shape index (κ3) is 5.37. The normalized spacial score (nSPS) is 24.9. The van der Waals surface area contributed by atoms with E-state index in [0.29, 0.717) is 43.9 Å². The van der Waals surface area contributed by atoms with E-state index in [1.165, 1.54) is 25.5 Å². The molecule has 0 atom stereocenters. The fraction of sp³-hybridized carbons (Fsp3) is 0.700. The summed E-state index contributed by atoms with van der Waals surface area (Å²) in [6.07, 6.45) is 6.93. The number of anilines is 1. The summed E-state index contributed by atoms with van der Waals surface area (Å²) in [4.78, 5) is 29.1. The molecule has 0 spiro atoms. The van der Waals surface area contributed by atoms with Gasteiger partial charge >= 0.3 is 5.69 Å². The first-order chi connectivity index (χ1) is 14.4. The van der Waals surface area contributed by atoms with E-state index >= 15 is 0 Å². The van der Waals surface area contributed by atoms with Gasteiger partial charge in [-0.2, -0.15) is 0 Å². The van der Waals surface area contributed by atoms with Crippen molar-refractivity contribution in [1.29, 1.82) is 0 Å². The Morgan fingerprint density at radius 3 is 2.67 bits per heavy atom. The molecule has 4 N–H and O–H groups in total. The molecule has 1 saturated heterocycles. The van der Waals surface area contributed by atoms with E-state index in [-0.39, 0.29) is 18.3 Å². The number of pyridine rings is 1. The monoisotopic (exact) mass is 421 g/mol. The maximum atomic E-state index is 11.7. The second-order valence-corrected chi connectivity index (χ2v) is 8.27. The summed E-state index contributed by atoms with van der Waals surface area (Å²) in [7, 11) is 0. The maximum Gasteiger partial charge on any atom is 0.310 e. The lowest BCUT2D eigenvalue weighted by molar-refractivity contribution is -0.384. The number of piperidine rings is 1. The number of hydrogen-bond donors (Lipinski definition) is 3. The number of aliphatic hydroxyl groups excluding tert-OH is 1. The van der Waals surface area contributed by atoms with E-state index in [2.05, 4.69) is 15.2 Å². The third-order valence-electron chi connectivity index (χ3n) is 6.29. The van der Waals surface area contributed by atoms with Crippen LogP contribution in [0.15, 0.2) is 12.3 Å². The lowest BCUT2D eigenvalue weighted by Crippen LogP contribution is -2.45. The predicted octanol–water partition coefficient (Wildman–Crippen LogP) is 1.67. The number of aliphatic hydroxyl groups is 1. The van der Waals surface area contributed by atoms with Crippen molar-refractivity contribution in [3.8, 4) is 5.88 Å². The first-order valence-electron chi connectivity index (χ1n) is 10.6. The molecule has 2 aliphatic rings. The minimum Gasteiger partial charge on any atom is -0.476 e. The Hall–Kier alpha value is -2.46. The van der Waals surface area contributed by atoms with Crippen LogP contribution < -0.4 is 15.8 Å². The molecule has 2 fully saturated rings. The second-order valence-electron chi connectivity index (χ2n) is 8.27. The van der Waals surface area contributed by atoms with E-state index in [1.54, 1.807) is 6.07 Å². The number of hydrogen-bond acceptors (Lipinski definition) is 8. The van der Waals surface area contributed by atoms with Crippen molar-refractivity contribution in [3.63, 3.8) is 0 Å². The van der Waals surface area contributed by atoms with Crippen LogP contribution in [0, 0.1) is 15.5 Å². The molecule has 166 valence electrons.